The molecule has 0 fully saturated rings. The number of esters is 1. The summed E-state index contributed by atoms with van der Waals surface area (Å²) < 4.78 is 15.5. The molecule has 8 nitrogen and oxygen atoms in total. The number of aryl methyl sites for hydroxylation is 1. The second-order valence-corrected chi connectivity index (χ2v) is 6.16. The van der Waals surface area contributed by atoms with E-state index in [-0.39, 0.29) is 35.7 Å². The highest BCUT2D eigenvalue weighted by Crippen LogP contribution is 2.34. The van der Waals surface area contributed by atoms with Crippen molar-refractivity contribution >= 4 is 23.5 Å². The number of carbonyl (C=O) groups is 3. The van der Waals surface area contributed by atoms with Crippen molar-refractivity contribution in [3.05, 3.63) is 52.1 Å². The Morgan fingerprint density at radius 2 is 1.82 bits per heavy atom. The first-order valence-corrected chi connectivity index (χ1v) is 8.59. The quantitative estimate of drug-likeness (QED) is 0.761. The molecule has 0 aliphatic carbocycles. The van der Waals surface area contributed by atoms with Crippen molar-refractivity contribution in [2.45, 2.75) is 20.8 Å². The first-order valence-electron chi connectivity index (χ1n) is 8.59. The van der Waals surface area contributed by atoms with Gasteiger partial charge in [-0.15, -0.1) is 0 Å². The van der Waals surface area contributed by atoms with Gasteiger partial charge < -0.3 is 24.6 Å². The monoisotopic (exact) mass is 385 g/mol. The van der Waals surface area contributed by atoms with Gasteiger partial charge in [-0.3, -0.25) is 4.79 Å². The van der Waals surface area contributed by atoms with E-state index in [4.69, 9.17) is 14.2 Å². The molecule has 2 N–H and O–H groups in total. The Labute approximate surface area is 161 Å². The minimum atomic E-state index is -1.27. The number of hydrogen-bond donors (Lipinski definition) is 2. The Balaban J connectivity index is 2.03. The van der Waals surface area contributed by atoms with Crippen LogP contribution in [-0.4, -0.2) is 36.4 Å². The summed E-state index contributed by atoms with van der Waals surface area (Å²) in [7, 11) is 0. The molecule has 3 rings (SSSR count). The second kappa shape index (κ2) is 7.59. The van der Waals surface area contributed by atoms with Gasteiger partial charge in [0, 0.05) is 11.8 Å². The Morgan fingerprint density at radius 1 is 1.11 bits per heavy atom. The first kappa shape index (κ1) is 19.2. The van der Waals surface area contributed by atoms with Crippen molar-refractivity contribution in [2.24, 2.45) is 0 Å². The van der Waals surface area contributed by atoms with Gasteiger partial charge in [-0.2, -0.15) is 0 Å². The van der Waals surface area contributed by atoms with E-state index < -0.39 is 17.8 Å². The zero-order valence-electron chi connectivity index (χ0n) is 15.6. The highest BCUT2D eigenvalue weighted by Gasteiger charge is 2.26. The van der Waals surface area contributed by atoms with Gasteiger partial charge in [-0.1, -0.05) is 0 Å². The van der Waals surface area contributed by atoms with Gasteiger partial charge in [0.05, 0.1) is 23.3 Å². The number of carboxylic acids is 1. The highest BCUT2D eigenvalue weighted by molar-refractivity contribution is 6.13. The fourth-order valence-electron chi connectivity index (χ4n) is 3.13. The maximum Gasteiger partial charge on any atom is 0.338 e. The number of amides is 1. The zero-order chi connectivity index (χ0) is 20.4. The molecule has 1 heterocycles. The van der Waals surface area contributed by atoms with Crippen LogP contribution in [-0.2, 0) is 4.74 Å². The van der Waals surface area contributed by atoms with E-state index in [1.54, 1.807) is 32.0 Å². The van der Waals surface area contributed by atoms with E-state index in [1.165, 1.54) is 13.0 Å². The summed E-state index contributed by atoms with van der Waals surface area (Å²) in [6.07, 6.45) is 0. The molecule has 1 amide bonds. The molecule has 28 heavy (non-hydrogen) atoms. The predicted molar refractivity (Wildman–Crippen MR) is 99.4 cm³/mol. The number of carbonyl (C=O) groups excluding carboxylic acids is 2. The third kappa shape index (κ3) is 3.48. The lowest BCUT2D eigenvalue weighted by molar-refractivity contribution is 0.0523. The molecular weight excluding hydrogens is 366 g/mol. The first-order chi connectivity index (χ1) is 13.3. The smallest absolute Gasteiger partial charge is 0.338 e. The zero-order valence-corrected chi connectivity index (χ0v) is 15.6. The Morgan fingerprint density at radius 3 is 2.50 bits per heavy atom. The molecule has 146 valence electrons. The van der Waals surface area contributed by atoms with Gasteiger partial charge in [-0.05, 0) is 50.1 Å². The van der Waals surface area contributed by atoms with Crippen LogP contribution in [0.4, 0.5) is 5.69 Å². The van der Waals surface area contributed by atoms with Crippen molar-refractivity contribution in [1.82, 2.24) is 0 Å². The van der Waals surface area contributed by atoms with Crippen molar-refractivity contribution in [3.8, 4) is 11.5 Å². The maximum absolute atomic E-state index is 12.9. The topological polar surface area (TPSA) is 111 Å². The molecule has 1 aliphatic rings. The number of ether oxygens (including phenoxy) is 3. The second-order valence-electron chi connectivity index (χ2n) is 6.16. The Kier molecular flexibility index (Phi) is 5.21. The van der Waals surface area contributed by atoms with Crippen molar-refractivity contribution in [2.75, 3.05) is 18.7 Å². The third-order valence-corrected chi connectivity index (χ3v) is 4.34. The minimum absolute atomic E-state index is 0.0931. The molecule has 2 aromatic rings. The van der Waals surface area contributed by atoms with Crippen molar-refractivity contribution in [3.63, 3.8) is 0 Å². The normalized spacial score (nSPS) is 11.8. The molecule has 0 atom stereocenters. The van der Waals surface area contributed by atoms with Gasteiger partial charge in [0.25, 0.3) is 5.91 Å². The third-order valence-electron chi connectivity index (χ3n) is 4.34. The Hall–Kier alpha value is -3.55. The largest absolute Gasteiger partial charge is 0.478 e. The van der Waals surface area contributed by atoms with E-state index in [9.17, 15) is 19.5 Å². The number of aromatic carboxylic acids is 1. The van der Waals surface area contributed by atoms with Crippen molar-refractivity contribution < 1.29 is 33.7 Å². The van der Waals surface area contributed by atoms with Crippen LogP contribution in [0.5, 0.6) is 11.5 Å². The number of fused-ring (bicyclic) bond motifs is 1. The maximum atomic E-state index is 12.9. The summed E-state index contributed by atoms with van der Waals surface area (Å²) in [6.45, 7) is 5.06. The summed E-state index contributed by atoms with van der Waals surface area (Å²) in [4.78, 5) is 36.9. The van der Waals surface area contributed by atoms with Crippen molar-refractivity contribution in [1.29, 1.82) is 0 Å². The number of rotatable bonds is 5. The van der Waals surface area contributed by atoms with Crippen LogP contribution in [0.2, 0.25) is 0 Å². The lowest BCUT2D eigenvalue weighted by Gasteiger charge is -2.16. The minimum Gasteiger partial charge on any atom is -0.478 e. The van der Waals surface area contributed by atoms with Gasteiger partial charge in [0.15, 0.2) is 11.5 Å². The van der Waals surface area contributed by atoms with E-state index in [0.717, 1.165) is 0 Å². The molecule has 0 radical (unpaired) electrons. The molecule has 0 aromatic heterocycles. The van der Waals surface area contributed by atoms with Crippen LogP contribution in [0.3, 0.4) is 0 Å². The van der Waals surface area contributed by atoms with Gasteiger partial charge in [0.1, 0.15) is 0 Å². The molecule has 0 bridgehead atoms. The van der Waals surface area contributed by atoms with Gasteiger partial charge in [-0.25, -0.2) is 9.59 Å². The van der Waals surface area contributed by atoms with Crippen LogP contribution < -0.4 is 14.8 Å². The van der Waals surface area contributed by atoms with E-state index >= 15 is 0 Å². The summed E-state index contributed by atoms with van der Waals surface area (Å²) in [5.74, 6) is -1.49. The fraction of sp³-hybridized carbons (Fsp3) is 0.250. The average Bonchev–Trinajstić information content (AvgIpc) is 3.08. The van der Waals surface area contributed by atoms with Gasteiger partial charge in [0.2, 0.25) is 6.79 Å². The molecular formula is C20H19NO7. The summed E-state index contributed by atoms with van der Waals surface area (Å²) in [6, 6.07) is 6.14. The molecule has 0 unspecified atom stereocenters. The molecule has 2 aromatic carbocycles. The predicted octanol–water partition coefficient (Wildman–Crippen LogP) is 3.16. The molecule has 0 saturated carbocycles. The van der Waals surface area contributed by atoms with Crippen LogP contribution in [0.15, 0.2) is 24.3 Å². The van der Waals surface area contributed by atoms with Crippen LogP contribution >= 0.6 is 0 Å². The lowest BCUT2D eigenvalue weighted by Crippen LogP contribution is -2.21. The van der Waals surface area contributed by atoms with E-state index in [2.05, 4.69) is 5.32 Å². The number of carboxylic acid groups (broad SMARTS) is 1. The molecule has 0 saturated heterocycles. The lowest BCUT2D eigenvalue weighted by atomic mass is 9.92. The van der Waals surface area contributed by atoms with E-state index in [1.807, 2.05) is 0 Å². The average molecular weight is 385 g/mol. The number of nitrogens with one attached hydrogen (secondary N) is 1. The SMILES string of the molecule is CCOC(=O)c1c(C)cc(C(=O)O)c(C(=O)Nc2ccc3c(c2)OCO3)c1C. The highest BCUT2D eigenvalue weighted by atomic mass is 16.7. The summed E-state index contributed by atoms with van der Waals surface area (Å²) >= 11 is 0. The van der Waals surface area contributed by atoms with Gasteiger partial charge >= 0.3 is 11.9 Å². The molecule has 1 aliphatic heterocycles. The number of hydrogen-bond acceptors (Lipinski definition) is 6. The fourth-order valence-corrected chi connectivity index (χ4v) is 3.13. The van der Waals surface area contributed by atoms with Crippen LogP contribution in [0.25, 0.3) is 0 Å². The van der Waals surface area contributed by atoms with E-state index in [0.29, 0.717) is 22.7 Å². The standard InChI is InChI=1S/C20H19NO7/c1-4-26-20(25)16-10(2)7-13(19(23)24)17(11(16)3)18(22)21-12-5-6-14-15(8-12)28-9-27-14/h5-8H,4,9H2,1-3H3,(H,21,22)(H,23,24). The summed E-state index contributed by atoms with van der Waals surface area (Å²) in [5, 5.41) is 12.2. The molecule has 0 spiro atoms. The molecule has 8 heteroatoms. The Bertz CT molecular complexity index is 981. The number of benzene rings is 2. The van der Waals surface area contributed by atoms with Crippen LogP contribution in [0.1, 0.15) is 49.1 Å². The van der Waals surface area contributed by atoms with Crippen LogP contribution in [0, 0.1) is 13.8 Å². The number of anilines is 1. The summed E-state index contributed by atoms with van der Waals surface area (Å²) in [5.41, 5.74) is 0.966.